The molecule has 2 aromatic rings. The summed E-state index contributed by atoms with van der Waals surface area (Å²) in [6, 6.07) is 12.6. The van der Waals surface area contributed by atoms with Crippen LogP contribution in [0.1, 0.15) is 63.5 Å². The maximum atomic E-state index is 6.16. The molecule has 0 unspecified atom stereocenters. The lowest BCUT2D eigenvalue weighted by atomic mass is 9.48. The monoisotopic (exact) mass is 531 g/mol. The van der Waals surface area contributed by atoms with Crippen molar-refractivity contribution in [3.05, 3.63) is 57.0 Å². The predicted octanol–water partition coefficient (Wildman–Crippen LogP) is 7.77. The van der Waals surface area contributed by atoms with Gasteiger partial charge in [-0.3, -0.25) is 0 Å². The minimum absolute atomic E-state index is 0.469. The average molecular weight is 533 g/mol. The maximum absolute atomic E-state index is 6.16. The number of ether oxygens (including phenoxy) is 2. The Morgan fingerprint density at radius 1 is 1.00 bits per heavy atom. The predicted molar refractivity (Wildman–Crippen MR) is 138 cm³/mol. The van der Waals surface area contributed by atoms with Crippen LogP contribution < -0.4 is 14.8 Å². The standard InChI is InChI=1S/C28H35BrClNO2/c1-3-32-26-12-23(11-25(29)27(26)33-17-19-4-6-24(30)7-5-19)16-31-18(2)28-13-20-8-21(14-28)10-22(9-20)15-28/h4-7,11-12,18,20-22,31H,3,8-10,13-17H2,1-2H3/t18-,20?,21?,22?,28?/m0/s1. The molecule has 2 aromatic carbocycles. The van der Waals surface area contributed by atoms with Crippen molar-refractivity contribution >= 4 is 27.5 Å². The Morgan fingerprint density at radius 3 is 2.24 bits per heavy atom. The highest BCUT2D eigenvalue weighted by Crippen LogP contribution is 2.61. The normalized spacial score (nSPS) is 28.7. The molecular weight excluding hydrogens is 498 g/mol. The van der Waals surface area contributed by atoms with Crippen LogP contribution in [0.5, 0.6) is 11.5 Å². The number of halogens is 2. The van der Waals surface area contributed by atoms with Crippen molar-refractivity contribution in [2.24, 2.45) is 23.2 Å². The zero-order chi connectivity index (χ0) is 23.0. The van der Waals surface area contributed by atoms with Gasteiger partial charge in [0.2, 0.25) is 0 Å². The molecular formula is C28H35BrClNO2. The number of nitrogens with one attached hydrogen (secondary N) is 1. The maximum Gasteiger partial charge on any atom is 0.175 e. The second-order valence-corrected chi connectivity index (χ2v) is 11.9. The zero-order valence-electron chi connectivity index (χ0n) is 19.7. The Morgan fingerprint density at radius 2 is 1.64 bits per heavy atom. The van der Waals surface area contributed by atoms with Gasteiger partial charge in [-0.15, -0.1) is 0 Å². The lowest BCUT2D eigenvalue weighted by Crippen LogP contribution is -2.54. The largest absolute Gasteiger partial charge is 0.490 e. The van der Waals surface area contributed by atoms with Crippen molar-refractivity contribution in [3.63, 3.8) is 0 Å². The molecule has 1 atom stereocenters. The highest BCUT2D eigenvalue weighted by Gasteiger charge is 2.52. The Labute approximate surface area is 211 Å². The number of hydrogen-bond donors (Lipinski definition) is 1. The van der Waals surface area contributed by atoms with E-state index in [4.69, 9.17) is 21.1 Å². The van der Waals surface area contributed by atoms with Crippen molar-refractivity contribution in [2.45, 2.75) is 71.6 Å². The first-order chi connectivity index (χ1) is 15.9. The van der Waals surface area contributed by atoms with Crippen LogP contribution in [0.15, 0.2) is 40.9 Å². The average Bonchev–Trinajstić information content (AvgIpc) is 2.77. The van der Waals surface area contributed by atoms with Crippen LogP contribution in [0.4, 0.5) is 0 Å². The van der Waals surface area contributed by atoms with E-state index >= 15 is 0 Å². The summed E-state index contributed by atoms with van der Waals surface area (Å²) in [4.78, 5) is 0. The Bertz CT molecular complexity index is 941. The third-order valence-electron chi connectivity index (χ3n) is 8.28. The molecule has 4 aliphatic rings. The van der Waals surface area contributed by atoms with Gasteiger partial charge < -0.3 is 14.8 Å². The van der Waals surface area contributed by atoms with E-state index in [1.807, 2.05) is 31.2 Å². The molecule has 0 spiro atoms. The molecule has 0 aromatic heterocycles. The molecule has 4 saturated carbocycles. The number of benzene rings is 2. The molecule has 33 heavy (non-hydrogen) atoms. The van der Waals surface area contributed by atoms with Crippen LogP contribution in [0.2, 0.25) is 5.02 Å². The lowest BCUT2D eigenvalue weighted by Gasteiger charge is -2.59. The van der Waals surface area contributed by atoms with E-state index in [2.05, 4.69) is 40.3 Å². The van der Waals surface area contributed by atoms with E-state index in [1.54, 1.807) is 0 Å². The molecule has 0 radical (unpaired) electrons. The molecule has 4 bridgehead atoms. The van der Waals surface area contributed by atoms with Crippen LogP contribution >= 0.6 is 27.5 Å². The van der Waals surface area contributed by atoms with Crippen molar-refractivity contribution in [1.29, 1.82) is 0 Å². The molecule has 4 aliphatic carbocycles. The number of rotatable bonds is 9. The van der Waals surface area contributed by atoms with E-state index in [0.29, 0.717) is 24.7 Å². The van der Waals surface area contributed by atoms with Gasteiger partial charge in [-0.1, -0.05) is 23.7 Å². The van der Waals surface area contributed by atoms with Gasteiger partial charge in [0.05, 0.1) is 11.1 Å². The van der Waals surface area contributed by atoms with Gasteiger partial charge in [-0.2, -0.15) is 0 Å². The Kier molecular flexibility index (Phi) is 6.98. The van der Waals surface area contributed by atoms with Crippen molar-refractivity contribution in [2.75, 3.05) is 6.61 Å². The first-order valence-electron chi connectivity index (χ1n) is 12.5. The second-order valence-electron chi connectivity index (χ2n) is 10.6. The summed E-state index contributed by atoms with van der Waals surface area (Å²) < 4.78 is 13.1. The van der Waals surface area contributed by atoms with Crippen molar-refractivity contribution < 1.29 is 9.47 Å². The van der Waals surface area contributed by atoms with Gasteiger partial charge in [0.1, 0.15) is 6.61 Å². The van der Waals surface area contributed by atoms with Crippen LogP contribution in [-0.4, -0.2) is 12.6 Å². The summed E-state index contributed by atoms with van der Waals surface area (Å²) in [5, 5.41) is 4.64. The van der Waals surface area contributed by atoms with Crippen LogP contribution in [0, 0.1) is 23.2 Å². The molecule has 3 nitrogen and oxygen atoms in total. The van der Waals surface area contributed by atoms with E-state index in [9.17, 15) is 0 Å². The van der Waals surface area contributed by atoms with Gasteiger partial charge >= 0.3 is 0 Å². The minimum Gasteiger partial charge on any atom is -0.490 e. The summed E-state index contributed by atoms with van der Waals surface area (Å²) in [7, 11) is 0. The zero-order valence-corrected chi connectivity index (χ0v) is 22.1. The van der Waals surface area contributed by atoms with Crippen LogP contribution in [0.3, 0.4) is 0 Å². The summed E-state index contributed by atoms with van der Waals surface area (Å²) in [6.45, 7) is 6.35. The quantitative estimate of drug-likeness (QED) is 0.358. The van der Waals surface area contributed by atoms with Gasteiger partial charge in [0.15, 0.2) is 11.5 Å². The Balaban J connectivity index is 1.26. The van der Waals surface area contributed by atoms with Gasteiger partial charge in [-0.25, -0.2) is 0 Å². The molecule has 5 heteroatoms. The number of hydrogen-bond acceptors (Lipinski definition) is 3. The smallest absolute Gasteiger partial charge is 0.175 e. The Hall–Kier alpha value is -1.23. The SMILES string of the molecule is CCOc1cc(CN[C@@H](C)C23CC4CC(CC(C4)C2)C3)cc(Br)c1OCc1ccc(Cl)cc1. The minimum atomic E-state index is 0.469. The van der Waals surface area contributed by atoms with Gasteiger partial charge in [0.25, 0.3) is 0 Å². The third-order valence-corrected chi connectivity index (χ3v) is 9.12. The second kappa shape index (κ2) is 9.79. The van der Waals surface area contributed by atoms with E-state index in [-0.39, 0.29) is 0 Å². The summed E-state index contributed by atoms with van der Waals surface area (Å²) >= 11 is 9.74. The fraction of sp³-hybridized carbons (Fsp3) is 0.571. The van der Waals surface area contributed by atoms with Gasteiger partial charge in [0, 0.05) is 17.6 Å². The molecule has 4 fully saturated rings. The topological polar surface area (TPSA) is 30.5 Å². The highest BCUT2D eigenvalue weighted by atomic mass is 79.9. The summed E-state index contributed by atoms with van der Waals surface area (Å²) in [6.07, 6.45) is 8.77. The summed E-state index contributed by atoms with van der Waals surface area (Å²) in [5.41, 5.74) is 2.81. The van der Waals surface area contributed by atoms with Crippen LogP contribution in [0.25, 0.3) is 0 Å². The van der Waals surface area contributed by atoms with Crippen molar-refractivity contribution in [3.8, 4) is 11.5 Å². The van der Waals surface area contributed by atoms with E-state index in [0.717, 1.165) is 50.9 Å². The van der Waals surface area contributed by atoms with E-state index < -0.39 is 0 Å². The summed E-state index contributed by atoms with van der Waals surface area (Å²) in [5.74, 6) is 4.49. The third kappa shape index (κ3) is 5.09. The van der Waals surface area contributed by atoms with Crippen LogP contribution in [-0.2, 0) is 13.2 Å². The van der Waals surface area contributed by atoms with Gasteiger partial charge in [-0.05, 0) is 127 Å². The first-order valence-corrected chi connectivity index (χ1v) is 13.7. The fourth-order valence-electron chi connectivity index (χ4n) is 7.06. The molecule has 178 valence electrons. The molecule has 0 amide bonds. The van der Waals surface area contributed by atoms with E-state index in [1.165, 1.54) is 44.1 Å². The fourth-order valence-corrected chi connectivity index (χ4v) is 7.79. The molecule has 6 rings (SSSR count). The molecule has 0 aliphatic heterocycles. The molecule has 0 heterocycles. The molecule has 0 saturated heterocycles. The first kappa shape index (κ1) is 23.5. The lowest BCUT2D eigenvalue weighted by molar-refractivity contribution is -0.0706. The van der Waals surface area contributed by atoms with Crippen molar-refractivity contribution in [1.82, 2.24) is 5.32 Å². The highest BCUT2D eigenvalue weighted by molar-refractivity contribution is 9.10. The molecule has 1 N–H and O–H groups in total.